The van der Waals surface area contributed by atoms with E-state index in [-0.39, 0.29) is 29.1 Å². The molecule has 1 aliphatic carbocycles. The Labute approximate surface area is 157 Å². The van der Waals surface area contributed by atoms with Crippen molar-refractivity contribution in [2.75, 3.05) is 11.9 Å². The zero-order chi connectivity index (χ0) is 18.9. The normalized spacial score (nSPS) is 25.7. The number of amides is 2. The first-order chi connectivity index (χ1) is 12.3. The molecule has 0 spiro atoms. The molecular weight excluding hydrogens is 324 g/mol. The lowest BCUT2D eigenvalue weighted by Crippen LogP contribution is -2.44. The van der Waals surface area contributed by atoms with Crippen molar-refractivity contribution in [2.45, 2.75) is 71.3 Å². The van der Waals surface area contributed by atoms with Gasteiger partial charge in [0.15, 0.2) is 0 Å². The summed E-state index contributed by atoms with van der Waals surface area (Å²) in [7, 11) is 0. The molecule has 1 aromatic carbocycles. The zero-order valence-corrected chi connectivity index (χ0v) is 16.5. The molecule has 142 valence electrons. The molecule has 0 radical (unpaired) electrons. The van der Waals surface area contributed by atoms with E-state index in [0.29, 0.717) is 12.5 Å². The summed E-state index contributed by atoms with van der Waals surface area (Å²) >= 11 is 0. The van der Waals surface area contributed by atoms with E-state index in [4.69, 9.17) is 0 Å². The number of piperidine rings is 1. The monoisotopic (exact) mass is 356 g/mol. The fourth-order valence-corrected chi connectivity index (χ4v) is 3.97. The molecule has 26 heavy (non-hydrogen) atoms. The maximum absolute atomic E-state index is 12.8. The third-order valence-electron chi connectivity index (χ3n) is 5.84. The number of hydrogen-bond donors (Lipinski definition) is 1. The van der Waals surface area contributed by atoms with E-state index in [9.17, 15) is 9.59 Å². The van der Waals surface area contributed by atoms with Gasteiger partial charge in [0, 0.05) is 18.3 Å². The quantitative estimate of drug-likeness (QED) is 0.872. The third-order valence-corrected chi connectivity index (χ3v) is 5.84. The molecule has 1 heterocycles. The van der Waals surface area contributed by atoms with Gasteiger partial charge in [0.2, 0.25) is 11.8 Å². The Morgan fingerprint density at radius 3 is 2.42 bits per heavy atom. The number of rotatable bonds is 4. The third kappa shape index (κ3) is 4.11. The van der Waals surface area contributed by atoms with E-state index in [2.05, 4.69) is 45.1 Å². The van der Waals surface area contributed by atoms with E-state index < -0.39 is 0 Å². The van der Waals surface area contributed by atoms with Crippen LogP contribution in [0.4, 0.5) is 5.69 Å². The van der Waals surface area contributed by atoms with Gasteiger partial charge >= 0.3 is 0 Å². The molecule has 1 saturated carbocycles. The van der Waals surface area contributed by atoms with Gasteiger partial charge in [-0.05, 0) is 55.2 Å². The van der Waals surface area contributed by atoms with Crippen LogP contribution in [0, 0.1) is 11.8 Å². The second-order valence-corrected chi connectivity index (χ2v) is 8.85. The van der Waals surface area contributed by atoms with Gasteiger partial charge in [-0.1, -0.05) is 39.8 Å². The van der Waals surface area contributed by atoms with Gasteiger partial charge < -0.3 is 10.2 Å². The standard InChI is InChI=1S/C22H32N2O2/c1-5-17-8-6-7-13-24(17)21(26)19-14-18(19)20(25)23-16-11-9-15(10-12-16)22(2,3)4/h9-12,17-19H,5-8,13-14H2,1-4H3,(H,23,25). The highest BCUT2D eigenvalue weighted by Crippen LogP contribution is 2.42. The Hall–Kier alpha value is -1.84. The molecule has 3 atom stereocenters. The topological polar surface area (TPSA) is 49.4 Å². The number of nitrogens with zero attached hydrogens (tertiary/aromatic N) is 1. The Kier molecular flexibility index (Phi) is 5.40. The zero-order valence-electron chi connectivity index (χ0n) is 16.5. The molecule has 4 heteroatoms. The number of hydrogen-bond acceptors (Lipinski definition) is 2. The summed E-state index contributed by atoms with van der Waals surface area (Å²) in [4.78, 5) is 27.4. The van der Waals surface area contributed by atoms with E-state index in [0.717, 1.165) is 31.5 Å². The van der Waals surface area contributed by atoms with E-state index >= 15 is 0 Å². The number of likely N-dealkylation sites (tertiary alicyclic amines) is 1. The van der Waals surface area contributed by atoms with Crippen LogP contribution >= 0.6 is 0 Å². The van der Waals surface area contributed by atoms with Gasteiger partial charge in [0.05, 0.1) is 11.8 Å². The highest BCUT2D eigenvalue weighted by molar-refractivity contribution is 5.99. The fourth-order valence-electron chi connectivity index (χ4n) is 3.97. The Balaban J connectivity index is 1.56. The minimum Gasteiger partial charge on any atom is -0.339 e. The Morgan fingerprint density at radius 1 is 1.12 bits per heavy atom. The van der Waals surface area contributed by atoms with Crippen LogP contribution in [-0.2, 0) is 15.0 Å². The first-order valence-electron chi connectivity index (χ1n) is 10.0. The summed E-state index contributed by atoms with van der Waals surface area (Å²) in [6.07, 6.45) is 5.10. The van der Waals surface area contributed by atoms with Gasteiger partial charge in [-0.3, -0.25) is 9.59 Å². The summed E-state index contributed by atoms with van der Waals surface area (Å²) in [5.41, 5.74) is 2.15. The summed E-state index contributed by atoms with van der Waals surface area (Å²) in [6, 6.07) is 8.39. The van der Waals surface area contributed by atoms with E-state index in [1.54, 1.807) is 0 Å². The number of benzene rings is 1. The minimum atomic E-state index is -0.163. The number of anilines is 1. The highest BCUT2D eigenvalue weighted by atomic mass is 16.2. The van der Waals surface area contributed by atoms with Gasteiger partial charge in [-0.2, -0.15) is 0 Å². The van der Waals surface area contributed by atoms with Crippen molar-refractivity contribution < 1.29 is 9.59 Å². The van der Waals surface area contributed by atoms with Crippen molar-refractivity contribution >= 4 is 17.5 Å². The lowest BCUT2D eigenvalue weighted by molar-refractivity contribution is -0.137. The molecule has 1 aromatic rings. The average Bonchev–Trinajstić information content (AvgIpc) is 3.41. The lowest BCUT2D eigenvalue weighted by atomic mass is 9.87. The number of carbonyl (C=O) groups excluding carboxylic acids is 2. The molecule has 3 unspecified atom stereocenters. The van der Waals surface area contributed by atoms with Crippen LogP contribution in [0.15, 0.2) is 24.3 Å². The summed E-state index contributed by atoms with van der Waals surface area (Å²) in [6.45, 7) is 9.52. The molecule has 0 bridgehead atoms. The molecule has 2 fully saturated rings. The second kappa shape index (κ2) is 7.42. The molecule has 3 rings (SSSR count). The van der Waals surface area contributed by atoms with Crippen LogP contribution in [0.25, 0.3) is 0 Å². The molecular formula is C22H32N2O2. The molecule has 2 aliphatic rings. The van der Waals surface area contributed by atoms with E-state index in [1.165, 1.54) is 12.0 Å². The SMILES string of the molecule is CCC1CCCCN1C(=O)C1CC1C(=O)Nc1ccc(C(C)(C)C)cc1. The minimum absolute atomic E-state index is 0.0167. The maximum Gasteiger partial charge on any atom is 0.228 e. The highest BCUT2D eigenvalue weighted by Gasteiger charge is 2.50. The first kappa shape index (κ1) is 18.9. The van der Waals surface area contributed by atoms with Crippen LogP contribution in [0.3, 0.4) is 0 Å². The van der Waals surface area contributed by atoms with Crippen LogP contribution in [0.5, 0.6) is 0 Å². The smallest absolute Gasteiger partial charge is 0.228 e. The van der Waals surface area contributed by atoms with Gasteiger partial charge in [-0.25, -0.2) is 0 Å². The lowest BCUT2D eigenvalue weighted by Gasteiger charge is -2.35. The average molecular weight is 357 g/mol. The van der Waals surface area contributed by atoms with Crippen LogP contribution in [0.2, 0.25) is 0 Å². The van der Waals surface area contributed by atoms with Crippen molar-refractivity contribution in [3.8, 4) is 0 Å². The largest absolute Gasteiger partial charge is 0.339 e. The first-order valence-corrected chi connectivity index (χ1v) is 10.0. The molecule has 1 aliphatic heterocycles. The van der Waals surface area contributed by atoms with Crippen molar-refractivity contribution in [3.05, 3.63) is 29.8 Å². The fraction of sp³-hybridized carbons (Fsp3) is 0.636. The van der Waals surface area contributed by atoms with Gasteiger partial charge in [0.1, 0.15) is 0 Å². The number of nitrogens with one attached hydrogen (secondary N) is 1. The Bertz CT molecular complexity index is 660. The molecule has 1 saturated heterocycles. The molecule has 2 amide bonds. The Morgan fingerprint density at radius 2 is 1.81 bits per heavy atom. The van der Waals surface area contributed by atoms with Crippen molar-refractivity contribution in [3.63, 3.8) is 0 Å². The van der Waals surface area contributed by atoms with Crippen LogP contribution in [-0.4, -0.2) is 29.3 Å². The predicted molar refractivity (Wildman–Crippen MR) is 105 cm³/mol. The van der Waals surface area contributed by atoms with Crippen LogP contribution < -0.4 is 5.32 Å². The number of carbonyl (C=O) groups is 2. The maximum atomic E-state index is 12.8. The van der Waals surface area contributed by atoms with Gasteiger partial charge in [-0.15, -0.1) is 0 Å². The summed E-state index contributed by atoms with van der Waals surface area (Å²) < 4.78 is 0. The molecule has 0 aromatic heterocycles. The van der Waals surface area contributed by atoms with Crippen molar-refractivity contribution in [1.82, 2.24) is 4.90 Å². The van der Waals surface area contributed by atoms with Crippen molar-refractivity contribution in [2.24, 2.45) is 11.8 Å². The van der Waals surface area contributed by atoms with Crippen LogP contribution in [0.1, 0.15) is 65.4 Å². The predicted octanol–water partition coefficient (Wildman–Crippen LogP) is 4.35. The summed E-state index contributed by atoms with van der Waals surface area (Å²) in [5, 5.41) is 2.99. The second-order valence-electron chi connectivity index (χ2n) is 8.85. The molecule has 4 nitrogen and oxygen atoms in total. The molecule has 1 N–H and O–H groups in total. The van der Waals surface area contributed by atoms with Gasteiger partial charge in [0.25, 0.3) is 0 Å². The van der Waals surface area contributed by atoms with E-state index in [1.807, 2.05) is 17.0 Å². The van der Waals surface area contributed by atoms with Crippen molar-refractivity contribution in [1.29, 1.82) is 0 Å². The summed E-state index contributed by atoms with van der Waals surface area (Å²) in [5.74, 6) is -0.100.